The summed E-state index contributed by atoms with van der Waals surface area (Å²) in [6, 6.07) is 13.8. The molecule has 0 aliphatic carbocycles. The minimum absolute atomic E-state index is 0. The predicted octanol–water partition coefficient (Wildman–Crippen LogP) is 4.92. The zero-order valence-corrected chi connectivity index (χ0v) is 22.1. The van der Waals surface area contributed by atoms with E-state index in [2.05, 4.69) is 10.2 Å². The highest BCUT2D eigenvalue weighted by Crippen LogP contribution is 2.29. The molecule has 0 spiro atoms. The third-order valence-corrected chi connectivity index (χ3v) is 7.63. The maximum absolute atomic E-state index is 11.6. The Morgan fingerprint density at radius 3 is 2.29 bits per heavy atom. The Morgan fingerprint density at radius 1 is 1.06 bits per heavy atom. The molecule has 1 atom stereocenters. The Bertz CT molecular complexity index is 1010. The number of nitrogens with two attached hydrogens (primary N) is 1. The Balaban J connectivity index is 0.00000289. The molecule has 0 unspecified atom stereocenters. The van der Waals surface area contributed by atoms with Crippen LogP contribution in [-0.2, 0) is 10.0 Å². The first-order valence-corrected chi connectivity index (χ1v) is 13.3. The first-order valence-electron chi connectivity index (χ1n) is 10.8. The van der Waals surface area contributed by atoms with Crippen LogP contribution in [-0.4, -0.2) is 49.7 Å². The lowest BCUT2D eigenvalue weighted by molar-refractivity contribution is -0.384. The zero-order chi connectivity index (χ0) is 23.0. The molecule has 1 heterocycles. The second-order valence-corrected chi connectivity index (χ2v) is 10.6. The van der Waals surface area contributed by atoms with Crippen molar-refractivity contribution in [1.82, 2.24) is 4.90 Å². The summed E-state index contributed by atoms with van der Waals surface area (Å²) in [4.78, 5) is 14.4. The number of nitrogens with zero attached hydrogens (tertiary/aromatic N) is 2. The Labute approximate surface area is 218 Å². The number of primary sulfonamides is 1. The van der Waals surface area contributed by atoms with E-state index in [-0.39, 0.29) is 41.4 Å². The van der Waals surface area contributed by atoms with Crippen molar-refractivity contribution in [1.29, 1.82) is 0 Å². The van der Waals surface area contributed by atoms with Gasteiger partial charge in [-0.15, -0.1) is 36.6 Å². The molecule has 0 radical (unpaired) electrons. The summed E-state index contributed by atoms with van der Waals surface area (Å²) in [7, 11) is -4.02. The number of thioether (sulfide) groups is 1. The summed E-state index contributed by atoms with van der Waals surface area (Å²) >= 11 is 1.69. The number of nitro groups is 1. The van der Waals surface area contributed by atoms with Crippen molar-refractivity contribution in [2.24, 2.45) is 5.14 Å². The Kier molecular flexibility index (Phi) is 13.2. The number of sulfonamides is 1. The highest BCUT2D eigenvalue weighted by molar-refractivity contribution is 7.99. The summed E-state index contributed by atoms with van der Waals surface area (Å²) in [5.74, 6) is 0.728. The van der Waals surface area contributed by atoms with Gasteiger partial charge in [-0.3, -0.25) is 10.1 Å². The number of hydrogen-bond donors (Lipinski definition) is 2. The van der Waals surface area contributed by atoms with Crippen molar-refractivity contribution < 1.29 is 13.3 Å². The van der Waals surface area contributed by atoms with Gasteiger partial charge in [-0.2, -0.15) is 0 Å². The average molecular weight is 552 g/mol. The fourth-order valence-electron chi connectivity index (χ4n) is 3.79. The minimum Gasteiger partial charge on any atom is -0.376 e. The van der Waals surface area contributed by atoms with Crippen molar-refractivity contribution in [3.8, 4) is 0 Å². The van der Waals surface area contributed by atoms with Crippen LogP contribution in [0.3, 0.4) is 0 Å². The van der Waals surface area contributed by atoms with Crippen LogP contribution in [0.5, 0.6) is 0 Å². The third kappa shape index (κ3) is 9.59. The van der Waals surface area contributed by atoms with Crippen molar-refractivity contribution in [2.45, 2.75) is 47.9 Å². The first kappa shape index (κ1) is 30.5. The molecule has 34 heavy (non-hydrogen) atoms. The molecule has 12 heteroatoms. The summed E-state index contributed by atoms with van der Waals surface area (Å²) in [6.45, 7) is 3.08. The van der Waals surface area contributed by atoms with Crippen LogP contribution in [0.2, 0.25) is 0 Å². The summed E-state index contributed by atoms with van der Waals surface area (Å²) in [5.41, 5.74) is 0.0120. The van der Waals surface area contributed by atoms with E-state index in [1.165, 1.54) is 37.8 Å². The number of nitrogens with one attached hydrogen (secondary N) is 1. The number of rotatable bonds is 10. The molecule has 1 fully saturated rings. The summed E-state index contributed by atoms with van der Waals surface area (Å²) in [6.07, 6.45) is 5.78. The molecular formula is C22H32Cl2N4O4S2. The quantitative estimate of drug-likeness (QED) is 0.244. The van der Waals surface area contributed by atoms with Gasteiger partial charge in [0.05, 0.1) is 9.82 Å². The molecule has 0 bridgehead atoms. The number of anilines is 1. The highest BCUT2D eigenvalue weighted by atomic mass is 35.5. The van der Waals surface area contributed by atoms with Crippen LogP contribution in [0.25, 0.3) is 0 Å². The van der Waals surface area contributed by atoms with Gasteiger partial charge < -0.3 is 10.2 Å². The molecule has 2 aromatic rings. The summed E-state index contributed by atoms with van der Waals surface area (Å²) < 4.78 is 23.3. The van der Waals surface area contributed by atoms with Gasteiger partial charge in [-0.25, -0.2) is 13.6 Å². The first-order chi connectivity index (χ1) is 15.3. The van der Waals surface area contributed by atoms with Gasteiger partial charge in [0.1, 0.15) is 5.69 Å². The molecule has 1 aliphatic rings. The fourth-order valence-corrected chi connectivity index (χ4v) is 5.32. The van der Waals surface area contributed by atoms with Crippen LogP contribution >= 0.6 is 36.6 Å². The normalized spacial score (nSPS) is 15.3. The standard InChI is InChI=1S/C22H30N4O4S2.2ClH/c23-32(29,30)20-10-11-21(22(16-20)26(27)28)24-18(17-31-19-8-4-3-5-9-19)12-15-25-13-6-1-2-7-14-25;;/h3-5,8-11,16,18,24H,1-2,6-7,12-15,17H2,(H2,23,29,30);2*1H/t18-;;/m1../s1. The molecule has 0 saturated carbocycles. The van der Waals surface area contributed by atoms with Crippen molar-refractivity contribution >= 4 is 58.0 Å². The monoisotopic (exact) mass is 550 g/mol. The van der Waals surface area contributed by atoms with Gasteiger partial charge in [0, 0.05) is 29.3 Å². The van der Waals surface area contributed by atoms with Crippen LogP contribution in [0.1, 0.15) is 32.1 Å². The smallest absolute Gasteiger partial charge is 0.293 e. The number of benzene rings is 2. The number of likely N-dealkylation sites (tertiary alicyclic amines) is 1. The van der Waals surface area contributed by atoms with Crippen LogP contribution in [0.15, 0.2) is 58.3 Å². The lowest BCUT2D eigenvalue weighted by Gasteiger charge is -2.25. The average Bonchev–Trinajstić information content (AvgIpc) is 3.04. The molecule has 1 saturated heterocycles. The molecule has 1 aliphatic heterocycles. The molecule has 0 aromatic heterocycles. The number of nitro benzene ring substituents is 1. The largest absolute Gasteiger partial charge is 0.376 e. The van der Waals surface area contributed by atoms with E-state index in [9.17, 15) is 18.5 Å². The molecular weight excluding hydrogens is 519 g/mol. The van der Waals surface area contributed by atoms with E-state index in [0.29, 0.717) is 5.69 Å². The van der Waals surface area contributed by atoms with Crippen molar-refractivity contribution in [3.63, 3.8) is 0 Å². The Morgan fingerprint density at radius 2 is 1.71 bits per heavy atom. The predicted molar refractivity (Wildman–Crippen MR) is 143 cm³/mol. The topological polar surface area (TPSA) is 119 Å². The van der Waals surface area contributed by atoms with Crippen molar-refractivity contribution in [2.75, 3.05) is 30.7 Å². The lowest BCUT2D eigenvalue weighted by atomic mass is 10.2. The highest BCUT2D eigenvalue weighted by Gasteiger charge is 2.22. The zero-order valence-electron chi connectivity index (χ0n) is 18.8. The maximum atomic E-state index is 11.6. The van der Waals surface area contributed by atoms with Gasteiger partial charge in [-0.1, -0.05) is 31.0 Å². The second-order valence-electron chi connectivity index (χ2n) is 7.99. The van der Waals surface area contributed by atoms with E-state index in [1.807, 2.05) is 30.3 Å². The second kappa shape index (κ2) is 14.8. The third-order valence-electron chi connectivity index (χ3n) is 5.54. The van der Waals surface area contributed by atoms with Gasteiger partial charge in [-0.05, 0) is 56.6 Å². The van der Waals surface area contributed by atoms with E-state index in [0.717, 1.165) is 42.8 Å². The van der Waals surface area contributed by atoms with Crippen molar-refractivity contribution in [3.05, 3.63) is 58.6 Å². The van der Waals surface area contributed by atoms with Gasteiger partial charge in [0.15, 0.2) is 0 Å². The molecule has 3 N–H and O–H groups in total. The molecule has 0 amide bonds. The van der Waals surface area contributed by atoms with E-state index in [4.69, 9.17) is 5.14 Å². The number of halogens is 2. The van der Waals surface area contributed by atoms with Crippen LogP contribution in [0.4, 0.5) is 11.4 Å². The Hall–Kier alpha value is -1.56. The fraction of sp³-hybridized carbons (Fsp3) is 0.455. The minimum atomic E-state index is -4.02. The van der Waals surface area contributed by atoms with E-state index >= 15 is 0 Å². The van der Waals surface area contributed by atoms with Gasteiger partial charge in [0.2, 0.25) is 10.0 Å². The van der Waals surface area contributed by atoms with E-state index in [1.54, 1.807) is 11.8 Å². The molecule has 2 aromatic carbocycles. The lowest BCUT2D eigenvalue weighted by Crippen LogP contribution is -2.32. The van der Waals surface area contributed by atoms with E-state index < -0.39 is 14.9 Å². The summed E-state index contributed by atoms with van der Waals surface area (Å²) in [5, 5.41) is 20.1. The number of hydrogen-bond acceptors (Lipinski definition) is 7. The SMILES string of the molecule is Cl.Cl.NS(=O)(=O)c1ccc(N[C@H](CCN2CCCCCC2)CSc2ccccc2)c([N+](=O)[O-])c1. The van der Waals surface area contributed by atoms with Gasteiger partial charge >= 0.3 is 0 Å². The molecule has 8 nitrogen and oxygen atoms in total. The maximum Gasteiger partial charge on any atom is 0.293 e. The van der Waals surface area contributed by atoms with Crippen LogP contribution < -0.4 is 10.5 Å². The molecule has 190 valence electrons. The molecule has 3 rings (SSSR count). The van der Waals surface area contributed by atoms with Gasteiger partial charge in [0.25, 0.3) is 5.69 Å². The van der Waals surface area contributed by atoms with Crippen LogP contribution in [0, 0.1) is 10.1 Å².